The molecule has 90 valence electrons. The SMILES string of the molecule is O=C(O)/C=C/c1cc(C=CCCO)ccc1F. The van der Waals surface area contributed by atoms with Gasteiger partial charge in [-0.1, -0.05) is 18.2 Å². The number of hydrogen-bond acceptors (Lipinski definition) is 2. The van der Waals surface area contributed by atoms with E-state index in [1.54, 1.807) is 24.3 Å². The Morgan fingerprint density at radius 3 is 2.76 bits per heavy atom. The molecular weight excluding hydrogens is 223 g/mol. The second-order valence-electron chi connectivity index (χ2n) is 3.37. The maximum absolute atomic E-state index is 13.3. The van der Waals surface area contributed by atoms with Crippen LogP contribution in [0.25, 0.3) is 12.2 Å². The van der Waals surface area contributed by atoms with Gasteiger partial charge < -0.3 is 10.2 Å². The lowest BCUT2D eigenvalue weighted by atomic mass is 10.1. The molecule has 0 spiro atoms. The van der Waals surface area contributed by atoms with Gasteiger partial charge in [0.15, 0.2) is 0 Å². The number of aliphatic carboxylic acids is 1. The summed E-state index contributed by atoms with van der Waals surface area (Å²) in [6, 6.07) is 4.41. The molecule has 0 unspecified atom stereocenters. The van der Waals surface area contributed by atoms with Crippen LogP contribution in [0.4, 0.5) is 4.39 Å². The van der Waals surface area contributed by atoms with Gasteiger partial charge in [-0.15, -0.1) is 0 Å². The van der Waals surface area contributed by atoms with Gasteiger partial charge >= 0.3 is 5.97 Å². The molecule has 0 amide bonds. The number of carboxylic acids is 1. The van der Waals surface area contributed by atoms with Crippen molar-refractivity contribution in [3.05, 3.63) is 47.3 Å². The summed E-state index contributed by atoms with van der Waals surface area (Å²) in [6.07, 6.45) is 6.13. The van der Waals surface area contributed by atoms with Crippen molar-refractivity contribution in [3.63, 3.8) is 0 Å². The molecule has 2 N–H and O–H groups in total. The highest BCUT2D eigenvalue weighted by Gasteiger charge is 1.99. The molecule has 0 aliphatic heterocycles. The van der Waals surface area contributed by atoms with Crippen LogP contribution in [-0.2, 0) is 4.79 Å². The summed E-state index contributed by atoms with van der Waals surface area (Å²) in [7, 11) is 0. The predicted molar refractivity (Wildman–Crippen MR) is 63.8 cm³/mol. The van der Waals surface area contributed by atoms with Gasteiger partial charge in [0.2, 0.25) is 0 Å². The van der Waals surface area contributed by atoms with Gasteiger partial charge in [0.1, 0.15) is 5.82 Å². The number of carboxylic acid groups (broad SMARTS) is 1. The topological polar surface area (TPSA) is 57.5 Å². The molecule has 17 heavy (non-hydrogen) atoms. The number of halogens is 1. The lowest BCUT2D eigenvalue weighted by molar-refractivity contribution is -0.131. The van der Waals surface area contributed by atoms with Crippen molar-refractivity contribution in [2.75, 3.05) is 6.61 Å². The number of aliphatic hydroxyl groups excluding tert-OH is 1. The van der Waals surface area contributed by atoms with Crippen LogP contribution in [0.3, 0.4) is 0 Å². The fraction of sp³-hybridized carbons (Fsp3) is 0.154. The first kappa shape index (κ1) is 13.1. The Kier molecular flexibility index (Phi) is 5.10. The van der Waals surface area contributed by atoms with E-state index in [0.717, 1.165) is 11.6 Å². The minimum atomic E-state index is -1.12. The highest BCUT2D eigenvalue weighted by molar-refractivity contribution is 5.85. The van der Waals surface area contributed by atoms with Crippen LogP contribution in [0, 0.1) is 5.82 Å². The van der Waals surface area contributed by atoms with Gasteiger partial charge in [0.05, 0.1) is 0 Å². The monoisotopic (exact) mass is 236 g/mol. The Morgan fingerprint density at radius 1 is 1.35 bits per heavy atom. The van der Waals surface area contributed by atoms with Crippen LogP contribution in [0.5, 0.6) is 0 Å². The van der Waals surface area contributed by atoms with E-state index in [1.165, 1.54) is 12.1 Å². The van der Waals surface area contributed by atoms with Gasteiger partial charge in [-0.05, 0) is 30.2 Å². The molecule has 0 fully saturated rings. The van der Waals surface area contributed by atoms with Crippen LogP contribution in [0.1, 0.15) is 17.5 Å². The van der Waals surface area contributed by atoms with Gasteiger partial charge in [-0.25, -0.2) is 9.18 Å². The fourth-order valence-electron chi connectivity index (χ4n) is 1.25. The van der Waals surface area contributed by atoms with E-state index in [1.807, 2.05) is 0 Å². The van der Waals surface area contributed by atoms with E-state index in [9.17, 15) is 9.18 Å². The Morgan fingerprint density at radius 2 is 2.12 bits per heavy atom. The molecule has 1 rings (SSSR count). The number of rotatable bonds is 5. The third-order valence-electron chi connectivity index (χ3n) is 2.03. The van der Waals surface area contributed by atoms with Crippen molar-refractivity contribution < 1.29 is 19.4 Å². The largest absolute Gasteiger partial charge is 0.478 e. The smallest absolute Gasteiger partial charge is 0.328 e. The van der Waals surface area contributed by atoms with E-state index >= 15 is 0 Å². The van der Waals surface area contributed by atoms with Gasteiger partial charge in [-0.2, -0.15) is 0 Å². The highest BCUT2D eigenvalue weighted by Crippen LogP contribution is 2.13. The van der Waals surface area contributed by atoms with Crippen molar-refractivity contribution in [1.82, 2.24) is 0 Å². The maximum Gasteiger partial charge on any atom is 0.328 e. The molecule has 0 aromatic heterocycles. The normalized spacial score (nSPS) is 11.4. The van der Waals surface area contributed by atoms with E-state index in [2.05, 4.69) is 0 Å². The Hall–Kier alpha value is -1.94. The molecule has 0 saturated carbocycles. The summed E-state index contributed by atoms with van der Waals surface area (Å²) in [5, 5.41) is 17.1. The second kappa shape index (κ2) is 6.60. The van der Waals surface area contributed by atoms with Gasteiger partial charge in [0.25, 0.3) is 0 Å². The van der Waals surface area contributed by atoms with E-state index in [-0.39, 0.29) is 12.2 Å². The minimum Gasteiger partial charge on any atom is -0.478 e. The van der Waals surface area contributed by atoms with Gasteiger partial charge in [0, 0.05) is 18.2 Å². The summed E-state index contributed by atoms with van der Waals surface area (Å²) < 4.78 is 13.3. The van der Waals surface area contributed by atoms with Crippen molar-refractivity contribution in [1.29, 1.82) is 0 Å². The molecule has 1 aromatic carbocycles. The lowest BCUT2D eigenvalue weighted by Crippen LogP contribution is -1.88. The first-order valence-corrected chi connectivity index (χ1v) is 5.11. The van der Waals surface area contributed by atoms with Crippen molar-refractivity contribution in [2.45, 2.75) is 6.42 Å². The molecule has 0 bridgehead atoms. The molecule has 0 saturated heterocycles. The molecule has 1 aromatic rings. The molecular formula is C13H13FO3. The molecule has 4 heteroatoms. The number of hydrogen-bond donors (Lipinski definition) is 2. The van der Waals surface area contributed by atoms with Crippen LogP contribution in [0.15, 0.2) is 30.4 Å². The average Bonchev–Trinajstić information content (AvgIpc) is 2.29. The summed E-state index contributed by atoms with van der Waals surface area (Å²) in [6.45, 7) is 0.0590. The maximum atomic E-state index is 13.3. The Bertz CT molecular complexity index is 450. The van der Waals surface area contributed by atoms with Crippen LogP contribution in [0.2, 0.25) is 0 Å². The second-order valence-corrected chi connectivity index (χ2v) is 3.37. The van der Waals surface area contributed by atoms with Gasteiger partial charge in [-0.3, -0.25) is 0 Å². The third-order valence-corrected chi connectivity index (χ3v) is 2.03. The van der Waals surface area contributed by atoms with Crippen molar-refractivity contribution in [2.24, 2.45) is 0 Å². The molecule has 0 radical (unpaired) electrons. The molecule has 0 aliphatic carbocycles. The highest BCUT2D eigenvalue weighted by atomic mass is 19.1. The minimum absolute atomic E-state index is 0.0590. The Balaban J connectivity index is 2.90. The first-order valence-electron chi connectivity index (χ1n) is 5.11. The van der Waals surface area contributed by atoms with Crippen LogP contribution in [-0.4, -0.2) is 22.8 Å². The fourth-order valence-corrected chi connectivity index (χ4v) is 1.25. The van der Waals surface area contributed by atoms with Crippen LogP contribution < -0.4 is 0 Å². The quantitative estimate of drug-likeness (QED) is 0.771. The predicted octanol–water partition coefficient (Wildman–Crippen LogP) is 2.32. The summed E-state index contributed by atoms with van der Waals surface area (Å²) in [5.41, 5.74) is 0.975. The number of aliphatic hydroxyl groups is 1. The third kappa shape index (κ3) is 4.61. The van der Waals surface area contributed by atoms with E-state index in [4.69, 9.17) is 10.2 Å². The molecule has 0 atom stereocenters. The zero-order valence-corrected chi connectivity index (χ0v) is 9.14. The first-order chi connectivity index (χ1) is 8.13. The molecule has 0 aliphatic rings. The standard InChI is InChI=1S/C13H13FO3/c14-12-6-4-10(3-1-2-8-15)9-11(12)5-7-13(16)17/h1,3-7,9,15H,2,8H2,(H,16,17)/b3-1?,7-5+. The Labute approximate surface area is 98.5 Å². The molecule has 3 nitrogen and oxygen atoms in total. The zero-order valence-electron chi connectivity index (χ0n) is 9.14. The summed E-state index contributed by atoms with van der Waals surface area (Å²) in [4.78, 5) is 10.3. The molecule has 0 heterocycles. The zero-order chi connectivity index (χ0) is 12.7. The van der Waals surface area contributed by atoms with Crippen LogP contribution >= 0.6 is 0 Å². The van der Waals surface area contributed by atoms with Crippen molar-refractivity contribution >= 4 is 18.1 Å². The summed E-state index contributed by atoms with van der Waals surface area (Å²) in [5.74, 6) is -1.59. The average molecular weight is 236 g/mol. The van der Waals surface area contributed by atoms with Crippen molar-refractivity contribution in [3.8, 4) is 0 Å². The van der Waals surface area contributed by atoms with E-state index < -0.39 is 11.8 Å². The summed E-state index contributed by atoms with van der Waals surface area (Å²) >= 11 is 0. The number of benzene rings is 1. The van der Waals surface area contributed by atoms with E-state index in [0.29, 0.717) is 6.42 Å². The number of carbonyl (C=O) groups is 1. The lowest BCUT2D eigenvalue weighted by Gasteiger charge is -1.99.